The number of hydrogen-bond donors (Lipinski definition) is 1. The average molecular weight is 143 g/mol. The minimum atomic E-state index is -0.333. The van der Waals surface area contributed by atoms with Crippen molar-refractivity contribution in [2.45, 2.75) is 26.3 Å². The molecular weight excluding hydrogens is 132 g/mol. The summed E-state index contributed by atoms with van der Waals surface area (Å²) in [6.45, 7) is 4.05. The first-order valence-electron chi connectivity index (χ1n) is 3.33. The molecule has 1 aromatic heterocycles. The van der Waals surface area contributed by atoms with Gasteiger partial charge in [0, 0.05) is 13.3 Å². The molecule has 1 atom stereocenters. The van der Waals surface area contributed by atoms with E-state index < -0.39 is 0 Å². The van der Waals surface area contributed by atoms with Crippen molar-refractivity contribution in [3.05, 3.63) is 16.6 Å². The van der Waals surface area contributed by atoms with Gasteiger partial charge >= 0.3 is 5.63 Å². The summed E-state index contributed by atoms with van der Waals surface area (Å²) in [5.74, 6) is 0. The lowest BCUT2D eigenvalue weighted by Crippen LogP contribution is -2.38. The van der Waals surface area contributed by atoms with E-state index in [9.17, 15) is 4.79 Å². The smallest absolute Gasteiger partial charge is 0.284 e. The third kappa shape index (κ3) is 1.26. The molecule has 0 aliphatic heterocycles. The molecule has 10 heavy (non-hydrogen) atoms. The van der Waals surface area contributed by atoms with E-state index in [0.717, 1.165) is 6.42 Å². The van der Waals surface area contributed by atoms with Crippen LogP contribution in [0, 0.1) is 0 Å². The van der Waals surface area contributed by atoms with Gasteiger partial charge in [-0.15, -0.1) is 0 Å². The van der Waals surface area contributed by atoms with Crippen molar-refractivity contribution in [1.82, 2.24) is 5.27 Å². The predicted octanol–water partition coefficient (Wildman–Crippen LogP) is 0.226. The molecule has 0 aliphatic rings. The van der Waals surface area contributed by atoms with E-state index in [2.05, 4.69) is 9.79 Å². The van der Waals surface area contributed by atoms with E-state index in [0.29, 0.717) is 6.04 Å². The Hall–Kier alpha value is -1.06. The molecule has 0 aromatic carbocycles. The monoisotopic (exact) mass is 143 g/mol. The minimum Gasteiger partial charge on any atom is -0.284 e. The summed E-state index contributed by atoms with van der Waals surface area (Å²) in [5.41, 5.74) is -0.333. The largest absolute Gasteiger partial charge is 0.426 e. The highest BCUT2D eigenvalue weighted by Crippen LogP contribution is 1.95. The highest BCUT2D eigenvalue weighted by Gasteiger charge is 2.12. The van der Waals surface area contributed by atoms with Crippen molar-refractivity contribution in [2.24, 2.45) is 0 Å². The van der Waals surface area contributed by atoms with Crippen molar-refractivity contribution in [3.8, 4) is 0 Å². The molecule has 0 fully saturated rings. The molecule has 4 nitrogen and oxygen atoms in total. The molecule has 56 valence electrons. The molecule has 1 heterocycles. The summed E-state index contributed by atoms with van der Waals surface area (Å²) in [6.07, 6.45) is 2.38. The van der Waals surface area contributed by atoms with E-state index in [4.69, 9.17) is 0 Å². The van der Waals surface area contributed by atoms with Gasteiger partial charge < -0.3 is 0 Å². The summed E-state index contributed by atoms with van der Waals surface area (Å²) in [4.78, 5) is 10.5. The van der Waals surface area contributed by atoms with Gasteiger partial charge in [0.05, 0.1) is 0 Å². The second kappa shape index (κ2) is 2.68. The molecule has 1 rings (SSSR count). The minimum absolute atomic E-state index is 0.298. The van der Waals surface area contributed by atoms with Crippen molar-refractivity contribution in [2.75, 3.05) is 0 Å². The number of aromatic nitrogens is 2. The van der Waals surface area contributed by atoms with Crippen LogP contribution < -0.4 is 10.3 Å². The van der Waals surface area contributed by atoms with Crippen molar-refractivity contribution >= 4 is 0 Å². The fourth-order valence-electron chi connectivity index (χ4n) is 0.678. The molecule has 1 N–H and O–H groups in total. The number of rotatable bonds is 2. The maximum absolute atomic E-state index is 10.5. The topological polar surface area (TPSA) is 49.9 Å². The molecule has 0 unspecified atom stereocenters. The maximum atomic E-state index is 10.5. The van der Waals surface area contributed by atoms with Crippen LogP contribution >= 0.6 is 0 Å². The number of aromatic amines is 1. The Labute approximate surface area is 58.4 Å². The second-order valence-corrected chi connectivity index (χ2v) is 2.31. The highest BCUT2D eigenvalue weighted by molar-refractivity contribution is 4.50. The van der Waals surface area contributed by atoms with Crippen LogP contribution in [-0.2, 0) is 0 Å². The van der Waals surface area contributed by atoms with Crippen LogP contribution in [0.3, 0.4) is 0 Å². The van der Waals surface area contributed by atoms with Crippen LogP contribution in [0.1, 0.15) is 26.3 Å². The predicted molar refractivity (Wildman–Crippen MR) is 34.5 cm³/mol. The Morgan fingerprint density at radius 2 is 2.60 bits per heavy atom. The Morgan fingerprint density at radius 3 is 3.00 bits per heavy atom. The Balaban J connectivity index is 2.84. The molecule has 0 amide bonds. The number of nitrogens with one attached hydrogen (secondary N) is 1. The number of hydrogen-bond acceptors (Lipinski definition) is 2. The first kappa shape index (κ1) is 7.05. The SMILES string of the molecule is CC[C@@H](C)[n+]1cc(=O)o[nH]1. The molecule has 0 bridgehead atoms. The van der Waals surface area contributed by atoms with Crippen LogP contribution in [-0.4, -0.2) is 5.27 Å². The zero-order valence-corrected chi connectivity index (χ0v) is 6.13. The van der Waals surface area contributed by atoms with Gasteiger partial charge in [-0.1, -0.05) is 11.6 Å². The molecule has 0 saturated carbocycles. The van der Waals surface area contributed by atoms with Crippen molar-refractivity contribution < 1.29 is 9.20 Å². The van der Waals surface area contributed by atoms with E-state index >= 15 is 0 Å². The van der Waals surface area contributed by atoms with Gasteiger partial charge in [-0.2, -0.15) is 0 Å². The van der Waals surface area contributed by atoms with Crippen molar-refractivity contribution in [3.63, 3.8) is 0 Å². The first-order chi connectivity index (χ1) is 4.74. The fourth-order valence-corrected chi connectivity index (χ4v) is 0.678. The van der Waals surface area contributed by atoms with Gasteiger partial charge in [-0.3, -0.25) is 4.52 Å². The second-order valence-electron chi connectivity index (χ2n) is 2.31. The molecule has 0 saturated heterocycles. The Morgan fingerprint density at radius 1 is 1.90 bits per heavy atom. The van der Waals surface area contributed by atoms with Gasteiger partial charge in [-0.25, -0.2) is 4.79 Å². The van der Waals surface area contributed by atoms with E-state index in [1.807, 2.05) is 13.8 Å². The highest BCUT2D eigenvalue weighted by atomic mass is 16.5. The van der Waals surface area contributed by atoms with E-state index in [-0.39, 0.29) is 5.63 Å². The maximum Gasteiger partial charge on any atom is 0.426 e. The lowest BCUT2D eigenvalue weighted by Gasteiger charge is -1.94. The fraction of sp³-hybridized carbons (Fsp3) is 0.667. The number of H-pyrrole nitrogens is 1. The average Bonchev–Trinajstić information content (AvgIpc) is 2.34. The molecule has 0 aliphatic carbocycles. The summed E-state index contributed by atoms with van der Waals surface area (Å²) >= 11 is 0. The third-order valence-corrected chi connectivity index (χ3v) is 1.56. The first-order valence-corrected chi connectivity index (χ1v) is 3.33. The molecular formula is C6H11N2O2+. The number of nitrogens with zero attached hydrogens (tertiary/aromatic N) is 1. The van der Waals surface area contributed by atoms with Gasteiger partial charge in [0.25, 0.3) is 6.20 Å². The van der Waals surface area contributed by atoms with Gasteiger partial charge in [-0.05, 0) is 5.27 Å². The third-order valence-electron chi connectivity index (χ3n) is 1.56. The zero-order chi connectivity index (χ0) is 7.56. The van der Waals surface area contributed by atoms with Crippen LogP contribution in [0.15, 0.2) is 15.5 Å². The standard InChI is InChI=1S/C6H10N2O2/c1-3-5(2)8-4-6(9)10-7-8/h4-5H,3H2,1-2H3/p+1/t5-/m1/s1. The van der Waals surface area contributed by atoms with Gasteiger partial charge in [0.15, 0.2) is 6.04 Å². The lowest BCUT2D eigenvalue weighted by atomic mass is 10.3. The van der Waals surface area contributed by atoms with Gasteiger partial charge in [0.2, 0.25) is 0 Å². The van der Waals surface area contributed by atoms with Gasteiger partial charge in [0.1, 0.15) is 0 Å². The summed E-state index contributed by atoms with van der Waals surface area (Å²) < 4.78 is 6.12. The van der Waals surface area contributed by atoms with Crippen LogP contribution in [0.5, 0.6) is 0 Å². The van der Waals surface area contributed by atoms with Crippen molar-refractivity contribution in [1.29, 1.82) is 0 Å². The van der Waals surface area contributed by atoms with E-state index in [1.165, 1.54) is 6.20 Å². The summed E-state index contributed by atoms with van der Waals surface area (Å²) in [6, 6.07) is 0.298. The molecule has 4 heteroatoms. The van der Waals surface area contributed by atoms with Crippen LogP contribution in [0.4, 0.5) is 0 Å². The van der Waals surface area contributed by atoms with Crippen LogP contribution in [0.2, 0.25) is 0 Å². The molecule has 0 radical (unpaired) electrons. The Kier molecular flexibility index (Phi) is 1.89. The molecule has 0 spiro atoms. The Bertz CT molecular complexity index is 250. The summed E-state index contributed by atoms with van der Waals surface area (Å²) in [5, 5.41) is 2.49. The van der Waals surface area contributed by atoms with Crippen LogP contribution in [0.25, 0.3) is 0 Å². The van der Waals surface area contributed by atoms with E-state index in [1.54, 1.807) is 4.68 Å². The molecule has 1 aromatic rings. The summed E-state index contributed by atoms with van der Waals surface area (Å²) in [7, 11) is 0. The quantitative estimate of drug-likeness (QED) is 0.602. The normalized spacial score (nSPS) is 13.4. The zero-order valence-electron chi connectivity index (χ0n) is 6.13. The lowest BCUT2D eigenvalue weighted by molar-refractivity contribution is -0.782.